The zero-order valence-corrected chi connectivity index (χ0v) is 5.60. The Morgan fingerprint density at radius 2 is 2.36 bits per heavy atom. The smallest absolute Gasteiger partial charge is 0.335 e. The van der Waals surface area contributed by atoms with Gasteiger partial charge < -0.3 is 20.1 Å². The van der Waals surface area contributed by atoms with Gasteiger partial charge in [0.25, 0.3) is 0 Å². The molecule has 0 aliphatic carbocycles. The molecule has 5 nitrogen and oxygen atoms in total. The van der Waals surface area contributed by atoms with Crippen LogP contribution in [0.2, 0.25) is 0 Å². The summed E-state index contributed by atoms with van der Waals surface area (Å²) in [5, 5.41) is 26.2. The Hall–Kier alpha value is -1.07. The summed E-state index contributed by atoms with van der Waals surface area (Å²) in [5.41, 5.74) is 0. The van der Waals surface area contributed by atoms with Crippen LogP contribution in [0.1, 0.15) is 0 Å². The number of esters is 1. The highest BCUT2D eigenvalue weighted by Crippen LogP contribution is 2.15. The minimum atomic E-state index is -1.25. The lowest BCUT2D eigenvalue weighted by Crippen LogP contribution is -2.31. The second-order valence-electron chi connectivity index (χ2n) is 2.18. The van der Waals surface area contributed by atoms with E-state index < -0.39 is 24.8 Å². The van der Waals surface area contributed by atoms with Crippen molar-refractivity contribution in [1.82, 2.24) is 0 Å². The largest absolute Gasteiger partial charge is 0.508 e. The zero-order chi connectivity index (χ0) is 8.43. The predicted octanol–water partition coefficient (Wildman–Crippen LogP) is -1.29. The number of hydrogen-bond acceptors (Lipinski definition) is 5. The van der Waals surface area contributed by atoms with Crippen molar-refractivity contribution in [3.05, 3.63) is 11.8 Å². The van der Waals surface area contributed by atoms with Crippen LogP contribution >= 0.6 is 0 Å². The van der Waals surface area contributed by atoms with Gasteiger partial charge in [0.05, 0.1) is 12.7 Å². The van der Waals surface area contributed by atoms with E-state index in [2.05, 4.69) is 4.74 Å². The molecule has 2 unspecified atom stereocenters. The van der Waals surface area contributed by atoms with E-state index in [1.807, 2.05) is 0 Å². The van der Waals surface area contributed by atoms with Crippen molar-refractivity contribution >= 4 is 5.97 Å². The minimum Gasteiger partial charge on any atom is -0.508 e. The van der Waals surface area contributed by atoms with Gasteiger partial charge in [0.2, 0.25) is 0 Å². The molecule has 0 saturated carbocycles. The standard InChI is InChI=1S/C6H8O5/c7-2-4(9)6-3(8)1-5(10)11-6/h1,4,6-9H,2H2. The molecule has 5 heteroatoms. The van der Waals surface area contributed by atoms with Gasteiger partial charge in [-0.25, -0.2) is 4.79 Å². The van der Waals surface area contributed by atoms with Crippen LogP contribution in [0.5, 0.6) is 0 Å². The molecule has 0 aromatic carbocycles. The van der Waals surface area contributed by atoms with E-state index in [9.17, 15) is 4.79 Å². The van der Waals surface area contributed by atoms with Crippen LogP contribution in [-0.2, 0) is 9.53 Å². The van der Waals surface area contributed by atoms with Crippen molar-refractivity contribution in [3.63, 3.8) is 0 Å². The average Bonchev–Trinajstić information content (AvgIpc) is 2.28. The molecule has 62 valence electrons. The molecular formula is C6H8O5. The zero-order valence-electron chi connectivity index (χ0n) is 5.60. The lowest BCUT2D eigenvalue weighted by Gasteiger charge is -2.14. The first-order valence-electron chi connectivity index (χ1n) is 3.05. The van der Waals surface area contributed by atoms with Gasteiger partial charge in [0, 0.05) is 0 Å². The van der Waals surface area contributed by atoms with Crippen LogP contribution in [0.15, 0.2) is 11.8 Å². The van der Waals surface area contributed by atoms with Crippen molar-refractivity contribution in [2.75, 3.05) is 6.61 Å². The van der Waals surface area contributed by atoms with E-state index in [4.69, 9.17) is 15.3 Å². The molecule has 2 atom stereocenters. The summed E-state index contributed by atoms with van der Waals surface area (Å²) in [4.78, 5) is 10.4. The van der Waals surface area contributed by atoms with Crippen LogP contribution in [-0.4, -0.2) is 40.1 Å². The lowest BCUT2D eigenvalue weighted by molar-refractivity contribution is -0.145. The molecule has 1 heterocycles. The predicted molar refractivity (Wildman–Crippen MR) is 33.7 cm³/mol. The molecule has 1 aliphatic rings. The number of carbonyl (C=O) groups is 1. The number of carbonyl (C=O) groups excluding carboxylic acids is 1. The van der Waals surface area contributed by atoms with Crippen LogP contribution < -0.4 is 0 Å². The molecule has 0 fully saturated rings. The normalized spacial score (nSPS) is 26.2. The van der Waals surface area contributed by atoms with Gasteiger partial charge in [-0.1, -0.05) is 0 Å². The number of rotatable bonds is 2. The molecule has 0 aromatic rings. The van der Waals surface area contributed by atoms with Gasteiger partial charge in [-0.2, -0.15) is 0 Å². The molecule has 3 N–H and O–H groups in total. The van der Waals surface area contributed by atoms with Crippen molar-refractivity contribution in [2.45, 2.75) is 12.2 Å². The summed E-state index contributed by atoms with van der Waals surface area (Å²) in [7, 11) is 0. The molecule has 11 heavy (non-hydrogen) atoms. The summed E-state index contributed by atoms with van der Waals surface area (Å²) >= 11 is 0. The highest BCUT2D eigenvalue weighted by atomic mass is 16.6. The van der Waals surface area contributed by atoms with Gasteiger partial charge in [-0.3, -0.25) is 0 Å². The fourth-order valence-electron chi connectivity index (χ4n) is 0.794. The summed E-state index contributed by atoms with van der Waals surface area (Å²) in [6.45, 7) is -0.560. The Bertz CT molecular complexity index is 197. The number of hydrogen-bond donors (Lipinski definition) is 3. The van der Waals surface area contributed by atoms with E-state index in [-0.39, 0.29) is 5.76 Å². The van der Waals surface area contributed by atoms with Crippen LogP contribution in [0, 0.1) is 0 Å². The third-order valence-corrected chi connectivity index (χ3v) is 1.34. The Labute approximate surface area is 62.5 Å². The third-order valence-electron chi connectivity index (χ3n) is 1.34. The third kappa shape index (κ3) is 1.50. The first-order chi connectivity index (χ1) is 5.15. The molecule has 1 rings (SSSR count). The average molecular weight is 160 g/mol. The molecular weight excluding hydrogens is 152 g/mol. The number of ether oxygens (including phenoxy) is 1. The fraction of sp³-hybridized carbons (Fsp3) is 0.500. The quantitative estimate of drug-likeness (QED) is 0.437. The van der Waals surface area contributed by atoms with E-state index in [1.165, 1.54) is 0 Å². The molecule has 0 radical (unpaired) electrons. The molecule has 0 saturated heterocycles. The van der Waals surface area contributed by atoms with E-state index in [0.717, 1.165) is 6.08 Å². The van der Waals surface area contributed by atoms with Gasteiger partial charge in [-0.15, -0.1) is 0 Å². The molecule has 0 bridgehead atoms. The highest BCUT2D eigenvalue weighted by molar-refractivity contribution is 5.85. The minimum absolute atomic E-state index is 0.350. The van der Waals surface area contributed by atoms with Gasteiger partial charge in [0.1, 0.15) is 11.9 Å². The van der Waals surface area contributed by atoms with Crippen LogP contribution in [0.3, 0.4) is 0 Å². The second-order valence-corrected chi connectivity index (χ2v) is 2.18. The molecule has 0 spiro atoms. The Morgan fingerprint density at radius 1 is 1.73 bits per heavy atom. The first-order valence-corrected chi connectivity index (χ1v) is 3.05. The fourth-order valence-corrected chi connectivity index (χ4v) is 0.794. The van der Waals surface area contributed by atoms with Crippen LogP contribution in [0.4, 0.5) is 0 Å². The molecule has 0 aromatic heterocycles. The van der Waals surface area contributed by atoms with Crippen molar-refractivity contribution in [3.8, 4) is 0 Å². The summed E-state index contributed by atoms with van der Waals surface area (Å²) in [5.74, 6) is -1.06. The highest BCUT2D eigenvalue weighted by Gasteiger charge is 2.31. The maximum absolute atomic E-state index is 10.4. The monoisotopic (exact) mass is 160 g/mol. The molecule has 0 amide bonds. The van der Waals surface area contributed by atoms with Crippen molar-refractivity contribution in [2.24, 2.45) is 0 Å². The summed E-state index contributed by atoms with van der Waals surface area (Å²) in [6.07, 6.45) is -1.49. The van der Waals surface area contributed by atoms with E-state index >= 15 is 0 Å². The van der Waals surface area contributed by atoms with Crippen LogP contribution in [0.25, 0.3) is 0 Å². The maximum atomic E-state index is 10.4. The first kappa shape index (κ1) is 8.03. The lowest BCUT2D eigenvalue weighted by atomic mass is 10.2. The Kier molecular flexibility index (Phi) is 2.11. The van der Waals surface area contributed by atoms with Gasteiger partial charge >= 0.3 is 5.97 Å². The van der Waals surface area contributed by atoms with Crippen molar-refractivity contribution < 1.29 is 24.9 Å². The maximum Gasteiger partial charge on any atom is 0.335 e. The topological polar surface area (TPSA) is 87.0 Å². The van der Waals surface area contributed by atoms with E-state index in [1.54, 1.807) is 0 Å². The van der Waals surface area contributed by atoms with Crippen molar-refractivity contribution in [1.29, 1.82) is 0 Å². The molecule has 1 aliphatic heterocycles. The van der Waals surface area contributed by atoms with Gasteiger partial charge in [0.15, 0.2) is 6.10 Å². The number of aliphatic hydroxyl groups is 3. The summed E-state index contributed by atoms with van der Waals surface area (Å²) < 4.78 is 4.43. The second kappa shape index (κ2) is 2.89. The number of cyclic esters (lactones) is 1. The van der Waals surface area contributed by atoms with E-state index in [0.29, 0.717) is 0 Å². The Morgan fingerprint density at radius 3 is 2.73 bits per heavy atom. The Balaban J connectivity index is 2.63. The number of aliphatic hydroxyl groups excluding tert-OH is 3. The van der Waals surface area contributed by atoms with Gasteiger partial charge in [-0.05, 0) is 0 Å². The summed E-state index contributed by atoms with van der Waals surface area (Å²) in [6, 6.07) is 0. The SMILES string of the molecule is O=C1C=C(O)C(C(O)CO)O1.